The van der Waals surface area contributed by atoms with Gasteiger partial charge in [-0.1, -0.05) is 17.8 Å². The summed E-state index contributed by atoms with van der Waals surface area (Å²) in [6, 6.07) is 3.89. The van der Waals surface area contributed by atoms with Gasteiger partial charge in [0.1, 0.15) is 26.7 Å². The first-order chi connectivity index (χ1) is 16.2. The highest BCUT2D eigenvalue weighted by Gasteiger charge is 2.24. The summed E-state index contributed by atoms with van der Waals surface area (Å²) in [7, 11) is 0. The minimum atomic E-state index is -0.424. The van der Waals surface area contributed by atoms with Gasteiger partial charge in [-0.2, -0.15) is 0 Å². The number of ether oxygens (including phenoxy) is 1. The zero-order valence-corrected chi connectivity index (χ0v) is 21.1. The van der Waals surface area contributed by atoms with E-state index in [2.05, 4.69) is 15.3 Å². The molecule has 0 spiro atoms. The summed E-state index contributed by atoms with van der Waals surface area (Å²) >= 11 is 6.06. The number of nitrogens with zero attached hydrogens (tertiary/aromatic N) is 2. The normalized spacial score (nSPS) is 13.1. The van der Waals surface area contributed by atoms with Crippen LogP contribution in [0.25, 0.3) is 20.7 Å². The second-order valence-electron chi connectivity index (χ2n) is 7.46. The predicted molar refractivity (Wildman–Crippen MR) is 137 cm³/mol. The molecule has 1 N–H and O–H groups in total. The van der Waals surface area contributed by atoms with Gasteiger partial charge in [0.25, 0.3) is 0 Å². The number of aromatic nitrogens is 2. The fourth-order valence-electron chi connectivity index (χ4n) is 3.94. The molecule has 0 aliphatic heterocycles. The molecule has 0 atom stereocenters. The van der Waals surface area contributed by atoms with Gasteiger partial charge in [0, 0.05) is 26.1 Å². The number of thiophene rings is 3. The summed E-state index contributed by atoms with van der Waals surface area (Å²) in [6.45, 7) is 2.05. The van der Waals surface area contributed by atoms with Crippen LogP contribution in [-0.2, 0) is 22.4 Å². The summed E-state index contributed by atoms with van der Waals surface area (Å²) in [4.78, 5) is 37.9. The Labute approximate surface area is 207 Å². The Balaban J connectivity index is 1.35. The highest BCUT2D eigenvalue weighted by atomic mass is 32.2. The molecule has 10 heteroatoms. The number of carbonyl (C=O) groups is 2. The lowest BCUT2D eigenvalue weighted by molar-refractivity contribution is -0.113. The summed E-state index contributed by atoms with van der Waals surface area (Å²) in [5.74, 6) is -0.404. The molecular weight excluding hydrogens is 495 g/mol. The lowest BCUT2D eigenvalue weighted by Gasteiger charge is -2.11. The van der Waals surface area contributed by atoms with E-state index >= 15 is 0 Å². The molecule has 33 heavy (non-hydrogen) atoms. The number of hydrogen-bond donors (Lipinski definition) is 1. The van der Waals surface area contributed by atoms with Crippen molar-refractivity contribution in [3.05, 3.63) is 45.2 Å². The Morgan fingerprint density at radius 3 is 2.91 bits per heavy atom. The minimum absolute atomic E-state index is 0.180. The van der Waals surface area contributed by atoms with E-state index in [1.807, 2.05) is 22.9 Å². The van der Waals surface area contributed by atoms with Gasteiger partial charge in [-0.05, 0) is 49.6 Å². The van der Waals surface area contributed by atoms with Crippen LogP contribution in [0, 0.1) is 0 Å². The lowest BCUT2D eigenvalue weighted by atomic mass is 9.97. The molecule has 0 radical (unpaired) electrons. The van der Waals surface area contributed by atoms with Gasteiger partial charge in [-0.25, -0.2) is 14.8 Å². The molecule has 4 aromatic heterocycles. The first kappa shape index (κ1) is 22.5. The van der Waals surface area contributed by atoms with Crippen molar-refractivity contribution < 1.29 is 14.3 Å². The van der Waals surface area contributed by atoms with Gasteiger partial charge in [0.2, 0.25) is 5.91 Å². The second-order valence-corrected chi connectivity index (χ2v) is 11.3. The van der Waals surface area contributed by atoms with Crippen molar-refractivity contribution in [2.45, 2.75) is 37.6 Å². The van der Waals surface area contributed by atoms with Gasteiger partial charge in [0.05, 0.1) is 12.4 Å². The van der Waals surface area contributed by atoms with E-state index in [1.54, 1.807) is 35.9 Å². The van der Waals surface area contributed by atoms with Gasteiger partial charge in [-0.3, -0.25) is 4.79 Å². The van der Waals surface area contributed by atoms with Crippen LogP contribution >= 0.6 is 45.8 Å². The number of anilines is 1. The van der Waals surface area contributed by atoms with E-state index in [1.165, 1.54) is 46.4 Å². The van der Waals surface area contributed by atoms with Crippen LogP contribution in [-0.4, -0.2) is 34.2 Å². The molecule has 0 aromatic carbocycles. The minimum Gasteiger partial charge on any atom is -0.462 e. The fraction of sp³-hybridized carbons (Fsp3) is 0.304. The third-order valence-electron chi connectivity index (χ3n) is 5.37. The molecular formula is C23H21N3O3S4. The number of fused-ring (bicyclic) bond motifs is 3. The van der Waals surface area contributed by atoms with Crippen molar-refractivity contribution in [2.75, 3.05) is 17.7 Å². The van der Waals surface area contributed by atoms with Gasteiger partial charge in [-0.15, -0.1) is 34.0 Å². The fourth-order valence-corrected chi connectivity index (χ4v) is 7.84. The summed E-state index contributed by atoms with van der Waals surface area (Å²) in [6.07, 6.45) is 6.12. The molecule has 4 heterocycles. The second kappa shape index (κ2) is 9.92. The van der Waals surface area contributed by atoms with Crippen molar-refractivity contribution >= 4 is 72.9 Å². The maximum atomic E-state index is 12.9. The number of rotatable bonds is 7. The first-order valence-electron chi connectivity index (χ1n) is 10.7. The number of aryl methyl sites for hydroxylation is 2. The Morgan fingerprint density at radius 2 is 2.09 bits per heavy atom. The molecule has 0 saturated heterocycles. The van der Waals surface area contributed by atoms with Gasteiger partial charge >= 0.3 is 5.97 Å². The third-order valence-corrected chi connectivity index (χ3v) is 9.35. The molecule has 1 amide bonds. The Kier molecular flexibility index (Phi) is 6.77. The summed E-state index contributed by atoms with van der Waals surface area (Å²) < 4.78 is 5.27. The standard InChI is InChI=1S/C23H21N3O3S4/c1-2-29-23(28)19-14(15-8-5-9-30-15)10-31-22(19)26-17(27)11-32-20-18-13-6-3-4-7-16(13)33-21(18)25-12-24-20/h5,8-10,12H,2-4,6-7,11H2,1H3,(H,26,27). The van der Waals surface area contributed by atoms with Crippen molar-refractivity contribution in [1.29, 1.82) is 0 Å². The van der Waals surface area contributed by atoms with Crippen LogP contribution < -0.4 is 5.32 Å². The van der Waals surface area contributed by atoms with Crippen LogP contribution in [0.3, 0.4) is 0 Å². The number of hydrogen-bond acceptors (Lipinski definition) is 9. The number of carbonyl (C=O) groups excluding carboxylic acids is 2. The zero-order chi connectivity index (χ0) is 22.8. The molecule has 0 fully saturated rings. The van der Waals surface area contributed by atoms with Crippen LogP contribution in [0.5, 0.6) is 0 Å². The third kappa shape index (κ3) is 4.57. The molecule has 6 nitrogen and oxygen atoms in total. The van der Waals surface area contributed by atoms with Crippen molar-refractivity contribution in [3.63, 3.8) is 0 Å². The molecule has 0 unspecified atom stereocenters. The molecule has 0 saturated carbocycles. The van der Waals surface area contributed by atoms with Gasteiger partial charge < -0.3 is 10.1 Å². The van der Waals surface area contributed by atoms with Crippen LogP contribution in [0.15, 0.2) is 34.2 Å². The number of esters is 1. The van der Waals surface area contributed by atoms with Crippen molar-refractivity contribution in [3.8, 4) is 10.4 Å². The van der Waals surface area contributed by atoms with E-state index in [9.17, 15) is 9.59 Å². The van der Waals surface area contributed by atoms with E-state index in [4.69, 9.17) is 4.74 Å². The van der Waals surface area contributed by atoms with Crippen LogP contribution in [0.2, 0.25) is 0 Å². The number of thioether (sulfide) groups is 1. The summed E-state index contributed by atoms with van der Waals surface area (Å²) in [5.41, 5.74) is 2.56. The van der Waals surface area contributed by atoms with Crippen LogP contribution in [0.4, 0.5) is 5.00 Å². The maximum absolute atomic E-state index is 12.9. The average molecular weight is 516 g/mol. The largest absolute Gasteiger partial charge is 0.462 e. The lowest BCUT2D eigenvalue weighted by Crippen LogP contribution is -2.16. The maximum Gasteiger partial charge on any atom is 0.341 e. The highest BCUT2D eigenvalue weighted by Crippen LogP contribution is 2.40. The first-order valence-corrected chi connectivity index (χ1v) is 14.2. The zero-order valence-electron chi connectivity index (χ0n) is 17.9. The van der Waals surface area contributed by atoms with Crippen molar-refractivity contribution in [2.24, 2.45) is 0 Å². The highest BCUT2D eigenvalue weighted by molar-refractivity contribution is 8.00. The average Bonchev–Trinajstić information content (AvgIpc) is 3.55. The Hall–Kier alpha value is -2.27. The number of nitrogens with one attached hydrogen (secondary N) is 1. The van der Waals surface area contributed by atoms with Gasteiger partial charge in [0.15, 0.2) is 0 Å². The molecule has 1 aliphatic rings. The van der Waals surface area contributed by atoms with E-state index in [0.29, 0.717) is 10.6 Å². The molecule has 170 valence electrons. The molecule has 4 aromatic rings. The predicted octanol–water partition coefficient (Wildman–Crippen LogP) is 6.27. The SMILES string of the molecule is CCOC(=O)c1c(-c2cccs2)csc1NC(=O)CSc1ncnc2sc3c(c12)CCCC3. The Bertz CT molecular complexity index is 1310. The molecule has 5 rings (SSSR count). The molecule has 1 aliphatic carbocycles. The summed E-state index contributed by atoms with van der Waals surface area (Å²) in [5, 5.41) is 9.26. The smallest absolute Gasteiger partial charge is 0.341 e. The Morgan fingerprint density at radius 1 is 1.21 bits per heavy atom. The van der Waals surface area contributed by atoms with Crippen molar-refractivity contribution in [1.82, 2.24) is 9.97 Å². The van der Waals surface area contributed by atoms with E-state index in [-0.39, 0.29) is 18.3 Å². The number of amides is 1. The molecule has 0 bridgehead atoms. The monoisotopic (exact) mass is 515 g/mol. The topological polar surface area (TPSA) is 81.2 Å². The van der Waals surface area contributed by atoms with Crippen LogP contribution in [0.1, 0.15) is 40.6 Å². The van der Waals surface area contributed by atoms with E-state index < -0.39 is 5.97 Å². The quantitative estimate of drug-likeness (QED) is 0.178. The van der Waals surface area contributed by atoms with E-state index in [0.717, 1.165) is 38.5 Å².